The molecule has 1 heterocycles. The van der Waals surface area contributed by atoms with Crippen LogP contribution >= 0.6 is 12.2 Å². The molecule has 0 amide bonds. The van der Waals surface area contributed by atoms with Crippen LogP contribution in [0, 0.1) is 0 Å². The lowest BCUT2D eigenvalue weighted by Crippen LogP contribution is -2.15. The van der Waals surface area contributed by atoms with Gasteiger partial charge in [-0.05, 0) is 13.8 Å². The molecule has 0 radical (unpaired) electrons. The quantitative estimate of drug-likeness (QED) is 0.745. The molecular formula is C8H14N4OS. The molecule has 0 unspecified atom stereocenters. The molecule has 2 N–H and O–H groups in total. The minimum Gasteiger partial charge on any atom is -0.388 e. The van der Waals surface area contributed by atoms with E-state index in [1.165, 1.54) is 0 Å². The number of hydrogen-bond acceptors (Lipinski definition) is 4. The summed E-state index contributed by atoms with van der Waals surface area (Å²) in [5.41, 5.74) is 6.90. The van der Waals surface area contributed by atoms with Crippen LogP contribution in [0.3, 0.4) is 0 Å². The maximum absolute atomic E-state index is 5.52. The van der Waals surface area contributed by atoms with E-state index in [0.29, 0.717) is 12.3 Å². The van der Waals surface area contributed by atoms with Crippen molar-refractivity contribution in [3.63, 3.8) is 0 Å². The van der Waals surface area contributed by atoms with Gasteiger partial charge >= 0.3 is 0 Å². The molecule has 1 aromatic rings. The zero-order valence-corrected chi connectivity index (χ0v) is 9.34. The number of rotatable bonds is 4. The van der Waals surface area contributed by atoms with Crippen molar-refractivity contribution in [1.82, 2.24) is 15.0 Å². The van der Waals surface area contributed by atoms with E-state index in [4.69, 9.17) is 22.7 Å². The summed E-state index contributed by atoms with van der Waals surface area (Å²) >= 11 is 4.87. The van der Waals surface area contributed by atoms with Crippen LogP contribution in [0.1, 0.15) is 31.3 Å². The Morgan fingerprint density at radius 1 is 1.64 bits per heavy atom. The zero-order valence-electron chi connectivity index (χ0n) is 8.52. The van der Waals surface area contributed by atoms with E-state index in [1.54, 1.807) is 11.8 Å². The number of nitrogens with two attached hydrogens (primary N) is 1. The molecule has 0 saturated carbocycles. The Morgan fingerprint density at radius 3 is 2.71 bits per heavy atom. The van der Waals surface area contributed by atoms with E-state index in [2.05, 4.69) is 10.3 Å². The number of methoxy groups -OCH3 is 1. The van der Waals surface area contributed by atoms with E-state index >= 15 is 0 Å². The van der Waals surface area contributed by atoms with Crippen LogP contribution < -0.4 is 5.73 Å². The highest BCUT2D eigenvalue weighted by molar-refractivity contribution is 7.80. The number of hydrogen-bond donors (Lipinski definition) is 1. The van der Waals surface area contributed by atoms with Gasteiger partial charge in [0, 0.05) is 13.2 Å². The normalized spacial score (nSPS) is 10.9. The molecule has 78 valence electrons. The Kier molecular flexibility index (Phi) is 3.54. The van der Waals surface area contributed by atoms with Gasteiger partial charge in [-0.15, -0.1) is 5.10 Å². The van der Waals surface area contributed by atoms with Gasteiger partial charge < -0.3 is 10.5 Å². The maximum Gasteiger partial charge on any atom is 0.145 e. The summed E-state index contributed by atoms with van der Waals surface area (Å²) in [6.07, 6.45) is 0. The lowest BCUT2D eigenvalue weighted by atomic mass is 10.3. The van der Waals surface area contributed by atoms with Crippen molar-refractivity contribution < 1.29 is 4.74 Å². The van der Waals surface area contributed by atoms with Gasteiger partial charge in [0.15, 0.2) is 0 Å². The fourth-order valence-electron chi connectivity index (χ4n) is 1.19. The van der Waals surface area contributed by atoms with Gasteiger partial charge in [-0.25, -0.2) is 4.68 Å². The van der Waals surface area contributed by atoms with Crippen LogP contribution in [0.4, 0.5) is 0 Å². The van der Waals surface area contributed by atoms with E-state index in [1.807, 2.05) is 13.8 Å². The largest absolute Gasteiger partial charge is 0.388 e. The summed E-state index contributed by atoms with van der Waals surface area (Å²) in [6.45, 7) is 4.44. The zero-order chi connectivity index (χ0) is 10.7. The molecule has 0 spiro atoms. The van der Waals surface area contributed by atoms with Crippen molar-refractivity contribution in [1.29, 1.82) is 0 Å². The van der Waals surface area contributed by atoms with Crippen LogP contribution in [-0.4, -0.2) is 27.1 Å². The van der Waals surface area contributed by atoms with Crippen molar-refractivity contribution in [2.75, 3.05) is 7.11 Å². The van der Waals surface area contributed by atoms with Crippen LogP contribution in [-0.2, 0) is 11.3 Å². The third kappa shape index (κ3) is 2.08. The predicted octanol–water partition coefficient (Wildman–Crippen LogP) is 0.640. The van der Waals surface area contributed by atoms with E-state index < -0.39 is 0 Å². The molecule has 5 nitrogen and oxygen atoms in total. The summed E-state index contributed by atoms with van der Waals surface area (Å²) in [5, 5.41) is 7.90. The summed E-state index contributed by atoms with van der Waals surface area (Å²) < 4.78 is 6.81. The van der Waals surface area contributed by atoms with Crippen molar-refractivity contribution in [3.05, 3.63) is 11.4 Å². The Labute approximate surface area is 88.2 Å². The summed E-state index contributed by atoms with van der Waals surface area (Å²) in [7, 11) is 1.61. The number of thiocarbonyl (C=S) groups is 1. The second kappa shape index (κ2) is 4.47. The fraction of sp³-hybridized carbons (Fsp3) is 0.625. The van der Waals surface area contributed by atoms with Crippen molar-refractivity contribution >= 4 is 17.2 Å². The average molecular weight is 214 g/mol. The van der Waals surface area contributed by atoms with E-state index in [-0.39, 0.29) is 11.0 Å². The first-order valence-corrected chi connectivity index (χ1v) is 4.71. The average Bonchev–Trinajstić information content (AvgIpc) is 2.48. The van der Waals surface area contributed by atoms with Gasteiger partial charge in [0.25, 0.3) is 0 Å². The first-order valence-electron chi connectivity index (χ1n) is 4.30. The molecule has 1 rings (SSSR count). The Morgan fingerprint density at radius 2 is 2.29 bits per heavy atom. The monoisotopic (exact) mass is 214 g/mol. The van der Waals surface area contributed by atoms with Gasteiger partial charge in [0.1, 0.15) is 10.7 Å². The summed E-state index contributed by atoms with van der Waals surface area (Å²) in [4.78, 5) is 0.254. The molecule has 0 saturated heterocycles. The van der Waals surface area contributed by atoms with Crippen LogP contribution in [0.25, 0.3) is 0 Å². The summed E-state index contributed by atoms with van der Waals surface area (Å²) in [6, 6.07) is 0.218. The molecule has 0 aliphatic carbocycles. The van der Waals surface area contributed by atoms with Gasteiger partial charge in [-0.3, -0.25) is 0 Å². The van der Waals surface area contributed by atoms with Crippen LogP contribution in [0.5, 0.6) is 0 Å². The molecular weight excluding hydrogens is 200 g/mol. The molecule has 6 heteroatoms. The smallest absolute Gasteiger partial charge is 0.145 e. The number of aromatic nitrogens is 3. The SMILES string of the molecule is COCc1c(C(N)=S)nnn1C(C)C. The lowest BCUT2D eigenvalue weighted by Gasteiger charge is -2.09. The van der Waals surface area contributed by atoms with Gasteiger partial charge in [0.05, 0.1) is 12.3 Å². The Balaban J connectivity index is 3.13. The van der Waals surface area contributed by atoms with Crippen LogP contribution in [0.2, 0.25) is 0 Å². The second-order valence-electron chi connectivity index (χ2n) is 3.22. The molecule has 0 aliphatic heterocycles. The molecule has 0 aromatic carbocycles. The first-order chi connectivity index (χ1) is 6.57. The molecule has 0 aliphatic rings. The molecule has 1 aromatic heterocycles. The predicted molar refractivity (Wildman–Crippen MR) is 57.0 cm³/mol. The van der Waals surface area contributed by atoms with Gasteiger partial charge in [-0.2, -0.15) is 0 Å². The maximum atomic E-state index is 5.52. The topological polar surface area (TPSA) is 66.0 Å². The van der Waals surface area contributed by atoms with Crippen molar-refractivity contribution in [2.45, 2.75) is 26.5 Å². The fourth-order valence-corrected chi connectivity index (χ4v) is 1.35. The molecule has 14 heavy (non-hydrogen) atoms. The summed E-state index contributed by atoms with van der Waals surface area (Å²) in [5.74, 6) is 0. The van der Waals surface area contributed by atoms with E-state index in [0.717, 1.165) is 5.69 Å². The van der Waals surface area contributed by atoms with Crippen LogP contribution in [0.15, 0.2) is 0 Å². The Hall–Kier alpha value is -1.01. The first kappa shape index (κ1) is 11.1. The minimum absolute atomic E-state index is 0.218. The number of ether oxygens (including phenoxy) is 1. The highest BCUT2D eigenvalue weighted by Gasteiger charge is 2.16. The number of nitrogens with zero attached hydrogens (tertiary/aromatic N) is 3. The van der Waals surface area contributed by atoms with Crippen molar-refractivity contribution in [3.8, 4) is 0 Å². The van der Waals surface area contributed by atoms with Crippen molar-refractivity contribution in [2.24, 2.45) is 5.73 Å². The third-order valence-corrected chi connectivity index (χ3v) is 1.99. The molecule has 0 fully saturated rings. The molecule has 0 atom stereocenters. The standard InChI is InChI=1S/C8H14N4OS/c1-5(2)12-6(4-13-3)7(8(9)14)10-11-12/h5H,4H2,1-3H3,(H2,9,14). The highest BCUT2D eigenvalue weighted by atomic mass is 32.1. The second-order valence-corrected chi connectivity index (χ2v) is 3.66. The van der Waals surface area contributed by atoms with Gasteiger partial charge in [-0.1, -0.05) is 17.4 Å². The molecule has 0 bridgehead atoms. The minimum atomic E-state index is 0.218. The Bertz CT molecular complexity index is 334. The van der Waals surface area contributed by atoms with E-state index in [9.17, 15) is 0 Å². The lowest BCUT2D eigenvalue weighted by molar-refractivity contribution is 0.175. The highest BCUT2D eigenvalue weighted by Crippen LogP contribution is 2.12. The van der Waals surface area contributed by atoms with Gasteiger partial charge in [0.2, 0.25) is 0 Å². The third-order valence-electron chi connectivity index (χ3n) is 1.79.